The van der Waals surface area contributed by atoms with E-state index in [1.807, 2.05) is 27.7 Å². The molecule has 0 unspecified atom stereocenters. The lowest BCUT2D eigenvalue weighted by molar-refractivity contribution is -0.144. The van der Waals surface area contributed by atoms with E-state index < -0.39 is 11.9 Å². The van der Waals surface area contributed by atoms with E-state index in [0.717, 1.165) is 6.92 Å². The summed E-state index contributed by atoms with van der Waals surface area (Å²) in [6.45, 7) is 14.0. The van der Waals surface area contributed by atoms with Gasteiger partial charge in [0.05, 0.1) is 0 Å². The molecule has 8 heteroatoms. The van der Waals surface area contributed by atoms with Gasteiger partial charge in [-0.3, -0.25) is 14.4 Å². The van der Waals surface area contributed by atoms with Crippen molar-refractivity contribution in [3.63, 3.8) is 0 Å². The van der Waals surface area contributed by atoms with Crippen LogP contribution in [0.2, 0.25) is 0 Å². The van der Waals surface area contributed by atoms with Crippen molar-refractivity contribution in [2.45, 2.75) is 60.2 Å². The molecular weight excluding hydrogens is 319 g/mol. The van der Waals surface area contributed by atoms with Gasteiger partial charge in [0.25, 0.3) is 5.97 Å². The second-order valence-corrected chi connectivity index (χ2v) is 5.57. The molecular formula is C15H28AlO7. The Morgan fingerprint density at radius 3 is 1.74 bits per heavy atom. The molecule has 0 aromatic heterocycles. The highest BCUT2D eigenvalue weighted by atomic mass is 27.2. The second kappa shape index (κ2) is 18.9. The summed E-state index contributed by atoms with van der Waals surface area (Å²) >= 11 is -0.245. The van der Waals surface area contributed by atoms with Gasteiger partial charge in [0.2, 0.25) is 0 Å². The van der Waals surface area contributed by atoms with Crippen LogP contribution >= 0.6 is 0 Å². The summed E-state index contributed by atoms with van der Waals surface area (Å²) in [5.74, 6) is -1.51. The number of carboxylic acids is 1. The number of rotatable bonds is 8. The van der Waals surface area contributed by atoms with Gasteiger partial charge in [-0.25, -0.2) is 0 Å². The predicted octanol–water partition coefficient (Wildman–Crippen LogP) is 2.16. The highest BCUT2D eigenvalue weighted by molar-refractivity contribution is 6.18. The quantitative estimate of drug-likeness (QED) is 0.311. The van der Waals surface area contributed by atoms with Crippen LogP contribution in [0.5, 0.6) is 0 Å². The first-order valence-electron chi connectivity index (χ1n) is 7.10. The van der Waals surface area contributed by atoms with Crippen LogP contribution in [0.3, 0.4) is 0 Å². The van der Waals surface area contributed by atoms with Gasteiger partial charge >= 0.3 is 21.9 Å². The lowest BCUT2D eigenvalue weighted by Crippen LogP contribution is -2.14. The number of hydrogen-bond donors (Lipinski definition) is 1. The summed E-state index contributed by atoms with van der Waals surface area (Å²) in [6, 6.07) is 0. The molecule has 0 aromatic carbocycles. The van der Waals surface area contributed by atoms with E-state index in [0.29, 0.717) is 12.2 Å². The van der Waals surface area contributed by atoms with Gasteiger partial charge in [-0.05, 0) is 34.6 Å². The number of hydrogen-bond acceptors (Lipinski definition) is 6. The Labute approximate surface area is 145 Å². The maximum absolute atomic E-state index is 10.5. The van der Waals surface area contributed by atoms with Gasteiger partial charge in [-0.1, -0.05) is 12.7 Å². The van der Waals surface area contributed by atoms with Crippen LogP contribution in [0.1, 0.15) is 48.0 Å². The summed E-state index contributed by atoms with van der Waals surface area (Å²) in [4.78, 5) is 29.8. The summed E-state index contributed by atoms with van der Waals surface area (Å²) in [5, 5.41) is 7.42. The summed E-state index contributed by atoms with van der Waals surface area (Å²) in [5.41, 5.74) is 0. The van der Waals surface area contributed by atoms with Gasteiger partial charge in [-0.2, -0.15) is 0 Å². The molecule has 0 fully saturated rings. The fourth-order valence-electron chi connectivity index (χ4n) is 0.660. The molecule has 0 atom stereocenters. The SMILES string of the molecule is C=CCOC(=O)CC(C)=O.CC(=O)O.CC(C)[O][Al][O]C(C)C. The minimum Gasteiger partial charge on any atom is -0.482 e. The lowest BCUT2D eigenvalue weighted by Gasteiger charge is -2.09. The van der Waals surface area contributed by atoms with Crippen LogP contribution in [0.4, 0.5) is 0 Å². The molecule has 0 rings (SSSR count). The van der Waals surface area contributed by atoms with E-state index in [1.54, 1.807) is 0 Å². The molecule has 0 aliphatic heterocycles. The monoisotopic (exact) mass is 347 g/mol. The van der Waals surface area contributed by atoms with Crippen molar-refractivity contribution in [2.24, 2.45) is 0 Å². The first kappa shape index (κ1) is 26.7. The molecule has 0 aliphatic rings. The topological polar surface area (TPSA) is 99.1 Å². The van der Waals surface area contributed by atoms with Crippen molar-refractivity contribution in [1.82, 2.24) is 0 Å². The van der Waals surface area contributed by atoms with Crippen LogP contribution < -0.4 is 0 Å². The summed E-state index contributed by atoms with van der Waals surface area (Å²) < 4.78 is 15.0. The molecule has 0 spiro atoms. The van der Waals surface area contributed by atoms with E-state index in [-0.39, 0.29) is 34.7 Å². The average molecular weight is 347 g/mol. The van der Waals surface area contributed by atoms with E-state index in [9.17, 15) is 9.59 Å². The van der Waals surface area contributed by atoms with Crippen molar-refractivity contribution in [2.75, 3.05) is 6.61 Å². The minimum atomic E-state index is -0.833. The molecule has 1 radical (unpaired) electrons. The lowest BCUT2D eigenvalue weighted by atomic mass is 10.3. The highest BCUT2D eigenvalue weighted by Crippen LogP contribution is 1.89. The zero-order chi connectivity index (χ0) is 18.8. The third-order valence-corrected chi connectivity index (χ3v) is 2.72. The predicted molar refractivity (Wildman–Crippen MR) is 88.0 cm³/mol. The number of Topliss-reactive ketones (excluding diaryl/α,β-unsaturated/α-hetero) is 1. The Bertz CT molecular complexity index is 329. The Kier molecular flexibility index (Phi) is 21.9. The number of ketones is 1. The highest BCUT2D eigenvalue weighted by Gasteiger charge is 2.03. The Hall–Kier alpha value is -1.20. The molecule has 0 bridgehead atoms. The fourth-order valence-corrected chi connectivity index (χ4v) is 1.17. The zero-order valence-corrected chi connectivity index (χ0v) is 16.0. The third kappa shape index (κ3) is 44.9. The van der Waals surface area contributed by atoms with Crippen LogP contribution in [0.25, 0.3) is 0 Å². The first-order valence-corrected chi connectivity index (χ1v) is 8.05. The second-order valence-electron chi connectivity index (χ2n) is 4.84. The maximum atomic E-state index is 10.5. The average Bonchev–Trinajstić information content (AvgIpc) is 2.34. The van der Waals surface area contributed by atoms with Crippen molar-refractivity contribution < 1.29 is 31.8 Å². The molecule has 23 heavy (non-hydrogen) atoms. The number of carbonyl (C=O) groups is 3. The molecule has 0 saturated heterocycles. The molecule has 7 nitrogen and oxygen atoms in total. The largest absolute Gasteiger partial charge is 0.668 e. The zero-order valence-electron chi connectivity index (χ0n) is 14.8. The molecule has 0 aromatic rings. The van der Waals surface area contributed by atoms with E-state index in [4.69, 9.17) is 17.5 Å². The maximum Gasteiger partial charge on any atom is 0.668 e. The summed E-state index contributed by atoms with van der Waals surface area (Å²) in [7, 11) is 0. The molecule has 1 N–H and O–H groups in total. The number of ether oxygens (including phenoxy) is 1. The normalized spacial score (nSPS) is 9.04. The molecule has 133 valence electrons. The molecule has 0 saturated carbocycles. The van der Waals surface area contributed by atoms with E-state index >= 15 is 0 Å². The van der Waals surface area contributed by atoms with Crippen molar-refractivity contribution in [3.05, 3.63) is 12.7 Å². The van der Waals surface area contributed by atoms with Crippen molar-refractivity contribution >= 4 is 33.6 Å². The third-order valence-electron chi connectivity index (χ3n) is 1.41. The van der Waals surface area contributed by atoms with Crippen molar-refractivity contribution in [3.8, 4) is 0 Å². The van der Waals surface area contributed by atoms with Gasteiger partial charge < -0.3 is 17.4 Å². The van der Waals surface area contributed by atoms with Gasteiger partial charge in [0, 0.05) is 19.1 Å². The molecule has 0 heterocycles. The van der Waals surface area contributed by atoms with Gasteiger partial charge in [-0.15, -0.1) is 0 Å². The smallest absolute Gasteiger partial charge is 0.482 e. The van der Waals surface area contributed by atoms with Crippen LogP contribution in [-0.2, 0) is 26.7 Å². The van der Waals surface area contributed by atoms with E-state index in [2.05, 4.69) is 11.3 Å². The molecule has 0 aliphatic carbocycles. The Morgan fingerprint density at radius 1 is 1.09 bits per heavy atom. The minimum absolute atomic E-state index is 0.145. The molecule has 0 amide bonds. The van der Waals surface area contributed by atoms with Gasteiger partial charge in [0.1, 0.15) is 18.8 Å². The van der Waals surface area contributed by atoms with Crippen LogP contribution in [0, 0.1) is 0 Å². The van der Waals surface area contributed by atoms with Crippen molar-refractivity contribution in [1.29, 1.82) is 0 Å². The Balaban J connectivity index is -0.000000284. The summed E-state index contributed by atoms with van der Waals surface area (Å²) in [6.07, 6.45) is 1.92. The van der Waals surface area contributed by atoms with Crippen LogP contribution in [-0.4, -0.2) is 57.5 Å². The van der Waals surface area contributed by atoms with Crippen LogP contribution in [0.15, 0.2) is 12.7 Å². The number of carbonyl (C=O) groups excluding carboxylic acids is 2. The fraction of sp³-hybridized carbons (Fsp3) is 0.667. The Morgan fingerprint density at radius 2 is 1.48 bits per heavy atom. The standard InChI is InChI=1S/C7H10O3.2C3H7O.C2H4O2.Al/c1-3-4-10-7(9)5-6(2)8;2*1-3(2)4;1-2(3)4;/h3H,1,4-5H2,2H3;2*3H,1-2H3;1H3,(H,3,4);/q;2*-1;;+2. The first-order chi connectivity index (χ1) is 10.5. The van der Waals surface area contributed by atoms with Gasteiger partial charge in [0.15, 0.2) is 0 Å². The number of carboxylic acid groups (broad SMARTS) is 1. The number of esters is 1. The number of aliphatic carboxylic acids is 1. The van der Waals surface area contributed by atoms with E-state index in [1.165, 1.54) is 13.0 Å².